The minimum atomic E-state index is -0.560. The Balaban J connectivity index is 1.47. The zero-order chi connectivity index (χ0) is 26.5. The summed E-state index contributed by atoms with van der Waals surface area (Å²) in [4.78, 5) is 38.8. The van der Waals surface area contributed by atoms with Gasteiger partial charge >= 0.3 is 0 Å². The maximum atomic E-state index is 12.9. The third kappa shape index (κ3) is 6.67. The lowest BCUT2D eigenvalue weighted by molar-refractivity contribution is -0.127. The monoisotopic (exact) mass is 620 g/mol. The van der Waals surface area contributed by atoms with Gasteiger partial charge in [-0.1, -0.05) is 41.4 Å². The van der Waals surface area contributed by atoms with E-state index in [1.807, 2.05) is 18.2 Å². The molecule has 1 aliphatic heterocycles. The summed E-state index contributed by atoms with van der Waals surface area (Å²) in [7, 11) is 1.50. The van der Waals surface area contributed by atoms with E-state index in [9.17, 15) is 14.4 Å². The predicted octanol–water partition coefficient (Wildman–Crippen LogP) is 7.02. The third-order valence-electron chi connectivity index (χ3n) is 5.18. The molecule has 0 unspecified atom stereocenters. The first-order valence-electron chi connectivity index (χ1n) is 10.8. The van der Waals surface area contributed by atoms with Crippen LogP contribution in [-0.4, -0.2) is 35.6 Å². The van der Waals surface area contributed by atoms with E-state index in [1.165, 1.54) is 7.11 Å². The number of methoxy groups -OCH3 is 1. The van der Waals surface area contributed by atoms with Crippen molar-refractivity contribution in [1.82, 2.24) is 4.90 Å². The molecular formula is C26H19BrCl2N2O5S. The minimum absolute atomic E-state index is 0.183. The molecule has 1 aliphatic rings. The van der Waals surface area contributed by atoms with Crippen molar-refractivity contribution in [1.29, 1.82) is 0 Å². The number of anilines is 1. The second-order valence-corrected chi connectivity index (χ2v) is 10.4. The van der Waals surface area contributed by atoms with Crippen LogP contribution in [0.2, 0.25) is 10.0 Å². The molecule has 190 valence electrons. The van der Waals surface area contributed by atoms with E-state index in [1.54, 1.807) is 48.5 Å². The van der Waals surface area contributed by atoms with Crippen molar-refractivity contribution in [3.8, 4) is 11.5 Å². The van der Waals surface area contributed by atoms with E-state index in [4.69, 9.17) is 32.7 Å². The first-order chi connectivity index (χ1) is 17.7. The largest absolute Gasteiger partial charge is 0.493 e. The van der Waals surface area contributed by atoms with Crippen LogP contribution in [-0.2, 0) is 16.2 Å². The van der Waals surface area contributed by atoms with Gasteiger partial charge in [-0.25, -0.2) is 0 Å². The highest BCUT2D eigenvalue weighted by Crippen LogP contribution is 2.39. The van der Waals surface area contributed by atoms with Crippen LogP contribution in [0.15, 0.2) is 70.0 Å². The molecule has 0 spiro atoms. The molecule has 1 N–H and O–H groups in total. The predicted molar refractivity (Wildman–Crippen MR) is 149 cm³/mol. The number of benzene rings is 3. The number of carbonyl (C=O) groups is 3. The van der Waals surface area contributed by atoms with Crippen molar-refractivity contribution in [3.05, 3.63) is 91.2 Å². The number of amides is 3. The third-order valence-corrected chi connectivity index (χ3v) is 7.30. The number of nitrogens with zero attached hydrogens (tertiary/aromatic N) is 1. The number of ether oxygens (including phenoxy) is 2. The van der Waals surface area contributed by atoms with Crippen molar-refractivity contribution in [3.63, 3.8) is 0 Å². The van der Waals surface area contributed by atoms with Gasteiger partial charge in [0, 0.05) is 21.3 Å². The Hall–Kier alpha value is -2.98. The molecule has 1 fully saturated rings. The lowest BCUT2D eigenvalue weighted by atomic mass is 10.1. The molecule has 1 heterocycles. The normalized spacial score (nSPS) is 14.3. The van der Waals surface area contributed by atoms with E-state index < -0.39 is 23.6 Å². The lowest BCUT2D eigenvalue weighted by Crippen LogP contribution is -2.36. The summed E-state index contributed by atoms with van der Waals surface area (Å²) in [5.41, 5.74) is 1.92. The number of rotatable bonds is 8. The summed E-state index contributed by atoms with van der Waals surface area (Å²) in [6, 6.07) is 17.3. The topological polar surface area (TPSA) is 84.9 Å². The average Bonchev–Trinajstić information content (AvgIpc) is 3.12. The van der Waals surface area contributed by atoms with E-state index in [0.717, 1.165) is 22.2 Å². The van der Waals surface area contributed by atoms with E-state index >= 15 is 0 Å². The molecule has 1 saturated heterocycles. The molecule has 3 amide bonds. The lowest BCUT2D eigenvalue weighted by Gasteiger charge is -2.14. The number of hydrogen-bond acceptors (Lipinski definition) is 6. The summed E-state index contributed by atoms with van der Waals surface area (Å²) >= 11 is 16.3. The SMILES string of the molecule is COc1cc(/C=C2/SC(=O)N(CC(=O)Nc3ccc(Cl)cc3)C2=O)cc(Br)c1OCc1ccccc1Cl. The van der Waals surface area contributed by atoms with Crippen molar-refractivity contribution in [2.24, 2.45) is 0 Å². The van der Waals surface area contributed by atoms with Gasteiger partial charge in [0.1, 0.15) is 13.2 Å². The highest BCUT2D eigenvalue weighted by Gasteiger charge is 2.36. The van der Waals surface area contributed by atoms with Gasteiger partial charge in [-0.3, -0.25) is 19.3 Å². The first-order valence-corrected chi connectivity index (χ1v) is 13.2. The quantitative estimate of drug-likeness (QED) is 0.272. The van der Waals surface area contributed by atoms with Crippen LogP contribution in [0.5, 0.6) is 11.5 Å². The second kappa shape index (κ2) is 12.0. The van der Waals surface area contributed by atoms with Gasteiger partial charge in [0.05, 0.1) is 16.5 Å². The molecule has 0 radical (unpaired) electrons. The number of carbonyl (C=O) groups excluding carboxylic acids is 3. The number of nitrogens with one attached hydrogen (secondary N) is 1. The van der Waals surface area contributed by atoms with Crippen molar-refractivity contribution >= 4 is 79.7 Å². The Kier molecular flexibility index (Phi) is 8.81. The molecule has 3 aromatic carbocycles. The molecular weight excluding hydrogens is 603 g/mol. The second-order valence-electron chi connectivity index (χ2n) is 7.74. The summed E-state index contributed by atoms with van der Waals surface area (Å²) in [5, 5.41) is 3.22. The molecule has 3 aromatic rings. The molecule has 4 rings (SSSR count). The highest BCUT2D eigenvalue weighted by molar-refractivity contribution is 9.10. The van der Waals surface area contributed by atoms with Crippen LogP contribution in [0.4, 0.5) is 10.5 Å². The molecule has 0 atom stereocenters. The fourth-order valence-corrected chi connectivity index (χ4v) is 5.12. The Morgan fingerprint density at radius 1 is 1.11 bits per heavy atom. The molecule has 7 nitrogen and oxygen atoms in total. The number of imide groups is 1. The fourth-order valence-electron chi connectivity index (χ4n) is 3.39. The van der Waals surface area contributed by atoms with Gasteiger partial charge < -0.3 is 14.8 Å². The maximum Gasteiger partial charge on any atom is 0.294 e. The van der Waals surface area contributed by atoms with Crippen molar-refractivity contribution in [2.75, 3.05) is 19.0 Å². The van der Waals surface area contributed by atoms with Crippen LogP contribution >= 0.6 is 50.9 Å². The van der Waals surface area contributed by atoms with Crippen LogP contribution in [0.1, 0.15) is 11.1 Å². The zero-order valence-electron chi connectivity index (χ0n) is 19.3. The summed E-state index contributed by atoms with van der Waals surface area (Å²) in [6.45, 7) is -0.183. The summed E-state index contributed by atoms with van der Waals surface area (Å²) in [6.07, 6.45) is 1.56. The van der Waals surface area contributed by atoms with Crippen LogP contribution < -0.4 is 14.8 Å². The highest BCUT2D eigenvalue weighted by atomic mass is 79.9. The number of thioether (sulfide) groups is 1. The van der Waals surface area contributed by atoms with Crippen LogP contribution in [0.25, 0.3) is 6.08 Å². The number of halogens is 3. The molecule has 0 saturated carbocycles. The van der Waals surface area contributed by atoms with Gasteiger partial charge in [0.25, 0.3) is 11.1 Å². The Morgan fingerprint density at radius 3 is 2.54 bits per heavy atom. The zero-order valence-corrected chi connectivity index (χ0v) is 23.2. The van der Waals surface area contributed by atoms with E-state index in [-0.39, 0.29) is 11.5 Å². The summed E-state index contributed by atoms with van der Waals surface area (Å²) in [5.74, 6) is -0.175. The van der Waals surface area contributed by atoms with Crippen LogP contribution in [0.3, 0.4) is 0 Å². The van der Waals surface area contributed by atoms with Crippen LogP contribution in [0, 0.1) is 0 Å². The van der Waals surface area contributed by atoms with Crippen molar-refractivity contribution in [2.45, 2.75) is 6.61 Å². The van der Waals surface area contributed by atoms with Gasteiger partial charge in [-0.05, 0) is 81.8 Å². The fraction of sp³-hybridized carbons (Fsp3) is 0.115. The molecule has 11 heteroatoms. The molecule has 37 heavy (non-hydrogen) atoms. The van der Waals surface area contributed by atoms with Gasteiger partial charge in [-0.15, -0.1) is 0 Å². The van der Waals surface area contributed by atoms with Gasteiger partial charge in [0.15, 0.2) is 11.5 Å². The Morgan fingerprint density at radius 2 is 1.84 bits per heavy atom. The molecule has 0 bridgehead atoms. The van der Waals surface area contributed by atoms with Gasteiger partial charge in [0.2, 0.25) is 5.91 Å². The van der Waals surface area contributed by atoms with E-state index in [2.05, 4.69) is 21.2 Å². The number of hydrogen-bond donors (Lipinski definition) is 1. The molecule has 0 aromatic heterocycles. The Bertz CT molecular complexity index is 1400. The standard InChI is InChI=1S/C26H19BrCl2N2O5S/c1-35-21-11-15(10-19(27)24(21)36-14-16-4-2-3-5-20(16)29)12-22-25(33)31(26(34)37-22)13-23(32)30-18-8-6-17(28)7-9-18/h2-12H,13-14H2,1H3,(H,30,32)/b22-12+. The average molecular weight is 622 g/mol. The molecule has 0 aliphatic carbocycles. The smallest absolute Gasteiger partial charge is 0.294 e. The van der Waals surface area contributed by atoms with Gasteiger partial charge in [-0.2, -0.15) is 0 Å². The summed E-state index contributed by atoms with van der Waals surface area (Å²) < 4.78 is 12.0. The van der Waals surface area contributed by atoms with Crippen molar-refractivity contribution < 1.29 is 23.9 Å². The first kappa shape index (κ1) is 27.1. The van der Waals surface area contributed by atoms with E-state index in [0.29, 0.717) is 37.3 Å². The maximum absolute atomic E-state index is 12.9. The minimum Gasteiger partial charge on any atom is -0.493 e. The Labute approximate surface area is 235 Å².